The molecule has 0 fully saturated rings. The van der Waals surface area contributed by atoms with Crippen LogP contribution in [0.2, 0.25) is 5.02 Å². The third kappa shape index (κ3) is 7.15. The molecule has 0 unspecified atom stereocenters. The van der Waals surface area contributed by atoms with Crippen molar-refractivity contribution < 1.29 is 37.7 Å². The van der Waals surface area contributed by atoms with E-state index in [1.165, 1.54) is 18.2 Å². The zero-order valence-corrected chi connectivity index (χ0v) is 17.7. The lowest BCUT2D eigenvalue weighted by molar-refractivity contribution is -0.138. The molecule has 31 heavy (non-hydrogen) atoms. The maximum atomic E-state index is 12.8. The number of hydrogen-bond acceptors (Lipinski definition) is 5. The smallest absolute Gasteiger partial charge is 0.417 e. The molecule has 1 aromatic carbocycles. The van der Waals surface area contributed by atoms with Gasteiger partial charge in [0.05, 0.1) is 11.2 Å². The summed E-state index contributed by atoms with van der Waals surface area (Å²) in [6, 6.07) is 5.15. The highest BCUT2D eigenvalue weighted by molar-refractivity contribution is 6.31. The molecule has 0 aliphatic rings. The molecule has 2 aromatic rings. The van der Waals surface area contributed by atoms with Crippen molar-refractivity contribution in [2.75, 3.05) is 6.61 Å². The second kappa shape index (κ2) is 9.57. The first-order chi connectivity index (χ1) is 14.3. The Morgan fingerprint density at radius 1 is 1.26 bits per heavy atom. The van der Waals surface area contributed by atoms with Gasteiger partial charge in [0.1, 0.15) is 23.1 Å². The van der Waals surface area contributed by atoms with Gasteiger partial charge in [0, 0.05) is 23.4 Å². The van der Waals surface area contributed by atoms with E-state index in [4.69, 9.17) is 21.1 Å². The number of ether oxygens (including phenoxy) is 2. The lowest BCUT2D eigenvalue weighted by Gasteiger charge is -2.19. The Kier molecular flexibility index (Phi) is 7.56. The second-order valence-corrected chi connectivity index (χ2v) is 7.65. The predicted molar refractivity (Wildman–Crippen MR) is 108 cm³/mol. The van der Waals surface area contributed by atoms with Crippen LogP contribution in [0.1, 0.15) is 38.3 Å². The molecule has 10 heteroatoms. The van der Waals surface area contributed by atoms with Crippen molar-refractivity contribution in [1.29, 1.82) is 0 Å². The molecule has 0 bridgehead atoms. The number of carbonyl (C=O) groups is 1. The summed E-state index contributed by atoms with van der Waals surface area (Å²) in [6.07, 6.45) is -2.44. The Labute approximate surface area is 181 Å². The van der Waals surface area contributed by atoms with Gasteiger partial charge in [0.2, 0.25) is 5.88 Å². The Morgan fingerprint density at radius 2 is 1.94 bits per heavy atom. The van der Waals surface area contributed by atoms with Crippen LogP contribution in [0.5, 0.6) is 17.4 Å². The number of hydrogen-bond donors (Lipinski definition) is 2. The van der Waals surface area contributed by atoms with Gasteiger partial charge < -0.3 is 19.7 Å². The number of aliphatic carboxylic acids is 1. The molecule has 0 radical (unpaired) electrons. The van der Waals surface area contributed by atoms with E-state index in [2.05, 4.69) is 4.98 Å². The minimum atomic E-state index is -4.62. The highest BCUT2D eigenvalue weighted by atomic mass is 35.5. The fraction of sp³-hybridized carbons (Fsp3) is 0.333. The number of benzene rings is 1. The van der Waals surface area contributed by atoms with Gasteiger partial charge in [-0.15, -0.1) is 0 Å². The number of carboxylic acids is 1. The molecule has 0 spiro atoms. The van der Waals surface area contributed by atoms with Gasteiger partial charge in [0.15, 0.2) is 0 Å². The molecular weight excluding hydrogens is 439 g/mol. The van der Waals surface area contributed by atoms with E-state index in [1.54, 1.807) is 26.8 Å². The number of alkyl halides is 3. The zero-order chi connectivity index (χ0) is 23.4. The van der Waals surface area contributed by atoms with Gasteiger partial charge in [0.25, 0.3) is 0 Å². The zero-order valence-electron chi connectivity index (χ0n) is 17.0. The summed E-state index contributed by atoms with van der Waals surface area (Å²) in [5.41, 5.74) is -1.74. The molecular formula is C21H21ClF3NO5. The molecule has 2 N–H and O–H groups in total. The van der Waals surface area contributed by atoms with Crippen LogP contribution in [-0.4, -0.2) is 33.4 Å². The molecule has 6 nitrogen and oxygen atoms in total. The summed E-state index contributed by atoms with van der Waals surface area (Å²) in [6.45, 7) is 4.72. The average Bonchev–Trinajstić information content (AvgIpc) is 2.65. The summed E-state index contributed by atoms with van der Waals surface area (Å²) >= 11 is 5.92. The van der Waals surface area contributed by atoms with Crippen LogP contribution in [0.25, 0.3) is 6.08 Å². The Morgan fingerprint density at radius 3 is 2.45 bits per heavy atom. The van der Waals surface area contributed by atoms with Gasteiger partial charge >= 0.3 is 12.1 Å². The summed E-state index contributed by atoms with van der Waals surface area (Å²) < 4.78 is 49.7. The highest BCUT2D eigenvalue weighted by Gasteiger charge is 2.32. The van der Waals surface area contributed by atoms with Crippen LogP contribution in [0, 0.1) is 0 Å². The van der Waals surface area contributed by atoms with Crippen LogP contribution < -0.4 is 9.47 Å². The highest BCUT2D eigenvalue weighted by Crippen LogP contribution is 2.37. The van der Waals surface area contributed by atoms with Crippen molar-refractivity contribution in [3.63, 3.8) is 0 Å². The Balaban J connectivity index is 2.47. The molecule has 1 heterocycles. The fourth-order valence-corrected chi connectivity index (χ4v) is 2.54. The summed E-state index contributed by atoms with van der Waals surface area (Å²) in [7, 11) is 0. The van der Waals surface area contributed by atoms with Crippen molar-refractivity contribution in [2.45, 2.75) is 39.0 Å². The summed E-state index contributed by atoms with van der Waals surface area (Å²) in [5.74, 6) is -1.07. The maximum absolute atomic E-state index is 12.8. The molecule has 168 valence electrons. The number of carboxylic acid groups (broad SMARTS) is 1. The van der Waals surface area contributed by atoms with Gasteiger partial charge in [-0.1, -0.05) is 18.5 Å². The number of halogens is 4. The lowest BCUT2D eigenvalue weighted by atomic mass is 10.1. The molecule has 0 aliphatic carbocycles. The van der Waals surface area contributed by atoms with Gasteiger partial charge in [-0.3, -0.25) is 0 Å². The molecule has 0 aliphatic heterocycles. The first-order valence-electron chi connectivity index (χ1n) is 9.14. The van der Waals surface area contributed by atoms with Gasteiger partial charge in [-0.05, 0) is 44.5 Å². The van der Waals surface area contributed by atoms with Crippen LogP contribution in [-0.2, 0) is 11.0 Å². The molecule has 2 rings (SSSR count). The topological polar surface area (TPSA) is 88.9 Å². The van der Waals surface area contributed by atoms with E-state index in [0.29, 0.717) is 17.8 Å². The predicted octanol–water partition coefficient (Wildman–Crippen LogP) is 5.57. The minimum Gasteiger partial charge on any atom is -0.490 e. The first kappa shape index (κ1) is 24.5. The molecule has 0 amide bonds. The van der Waals surface area contributed by atoms with Crippen LogP contribution in [0.3, 0.4) is 0 Å². The Hall–Kier alpha value is -2.78. The lowest BCUT2D eigenvalue weighted by Crippen LogP contribution is -2.27. The number of pyridine rings is 1. The van der Waals surface area contributed by atoms with Crippen molar-refractivity contribution in [3.8, 4) is 17.4 Å². The third-order valence-corrected chi connectivity index (χ3v) is 4.17. The van der Waals surface area contributed by atoms with Crippen LogP contribution >= 0.6 is 11.6 Å². The molecule has 1 aromatic heterocycles. The van der Waals surface area contributed by atoms with Crippen LogP contribution in [0.15, 0.2) is 36.0 Å². The standard InChI is InChI=1S/C21H21ClF3NO5/c1-4-12(19(27)28)7-13-5-6-15(30-11-20(2,3)29)9-17(13)31-18-16(22)8-14(10-26-18)21(23,24)25/h5-10,29H,4,11H2,1-3H3,(H,27,28)/b12-7+. The van der Waals surface area contributed by atoms with E-state index < -0.39 is 23.3 Å². The third-order valence-electron chi connectivity index (χ3n) is 3.90. The largest absolute Gasteiger partial charge is 0.490 e. The van der Waals surface area contributed by atoms with Gasteiger partial charge in [-0.2, -0.15) is 13.2 Å². The molecule has 0 saturated carbocycles. The van der Waals surface area contributed by atoms with Gasteiger partial charge in [-0.25, -0.2) is 9.78 Å². The molecule has 0 atom stereocenters. The van der Waals surface area contributed by atoms with Crippen LogP contribution in [0.4, 0.5) is 13.2 Å². The van der Waals surface area contributed by atoms with E-state index in [1.807, 2.05) is 0 Å². The number of rotatable bonds is 8. The second-order valence-electron chi connectivity index (χ2n) is 7.24. The number of aromatic nitrogens is 1. The number of nitrogens with zero attached hydrogens (tertiary/aromatic N) is 1. The Bertz CT molecular complexity index is 984. The van der Waals surface area contributed by atoms with E-state index in [-0.39, 0.29) is 41.0 Å². The summed E-state index contributed by atoms with van der Waals surface area (Å²) in [4.78, 5) is 15.0. The van der Waals surface area contributed by atoms with Crippen molar-refractivity contribution in [3.05, 3.63) is 52.2 Å². The van der Waals surface area contributed by atoms with Crippen molar-refractivity contribution >= 4 is 23.6 Å². The van der Waals surface area contributed by atoms with Crippen molar-refractivity contribution in [1.82, 2.24) is 4.98 Å². The minimum absolute atomic E-state index is 0.0454. The average molecular weight is 460 g/mol. The van der Waals surface area contributed by atoms with E-state index in [0.717, 1.165) is 0 Å². The fourth-order valence-electron chi connectivity index (χ4n) is 2.33. The molecule has 0 saturated heterocycles. The SMILES string of the molecule is CC/C(=C\c1ccc(OCC(C)(C)O)cc1Oc1ncc(C(F)(F)F)cc1Cl)C(=O)O. The van der Waals surface area contributed by atoms with E-state index >= 15 is 0 Å². The summed E-state index contributed by atoms with van der Waals surface area (Å²) in [5, 5.41) is 18.7. The van der Waals surface area contributed by atoms with Crippen molar-refractivity contribution in [2.24, 2.45) is 0 Å². The first-order valence-corrected chi connectivity index (χ1v) is 9.51. The maximum Gasteiger partial charge on any atom is 0.417 e. The monoisotopic (exact) mass is 459 g/mol. The normalized spacial score (nSPS) is 12.6. The van der Waals surface area contributed by atoms with E-state index in [9.17, 15) is 28.2 Å². The quantitative estimate of drug-likeness (QED) is 0.501. The number of aliphatic hydroxyl groups is 1.